The number of isocyanates is 1. The Kier molecular flexibility index (Phi) is 4.18. The van der Waals surface area contributed by atoms with Crippen LogP contribution in [-0.2, 0) is 15.6 Å². The van der Waals surface area contributed by atoms with E-state index in [1.54, 1.807) is 13.2 Å². The molecule has 2 unspecified atom stereocenters. The summed E-state index contributed by atoms with van der Waals surface area (Å²) in [6, 6.07) is -0.159. The second-order valence-electron chi connectivity index (χ2n) is 1.81. The van der Waals surface area contributed by atoms with Crippen molar-refractivity contribution in [1.29, 1.82) is 0 Å². The summed E-state index contributed by atoms with van der Waals surface area (Å²) in [5, 5.41) is 0. The Hall–Kier alpha value is -0.470. The quantitative estimate of drug-likeness (QED) is 0.419. The fraction of sp³-hybridized carbons (Fsp3) is 0.800. The highest BCUT2D eigenvalue weighted by molar-refractivity contribution is 7.84. The van der Waals surface area contributed by atoms with Gasteiger partial charge in [0.15, 0.2) is 0 Å². The Bertz CT molecular complexity index is 151. The number of carbonyl (C=O) groups excluding carboxylic acids is 1. The van der Waals surface area contributed by atoms with Crippen LogP contribution in [0.4, 0.5) is 0 Å². The summed E-state index contributed by atoms with van der Waals surface area (Å²) in [7, 11) is -0.870. The highest BCUT2D eigenvalue weighted by Gasteiger charge is 1.99. The Balaban J connectivity index is 3.62. The molecule has 3 nitrogen and oxygen atoms in total. The van der Waals surface area contributed by atoms with Gasteiger partial charge < -0.3 is 0 Å². The third kappa shape index (κ3) is 5.40. The van der Waals surface area contributed by atoms with Gasteiger partial charge >= 0.3 is 0 Å². The molecule has 0 aromatic heterocycles. The monoisotopic (exact) mass is 147 g/mol. The topological polar surface area (TPSA) is 46.5 Å². The molecule has 0 radical (unpaired) electrons. The second kappa shape index (κ2) is 4.41. The van der Waals surface area contributed by atoms with Gasteiger partial charge in [0.05, 0.1) is 6.04 Å². The molecule has 0 aliphatic heterocycles. The van der Waals surface area contributed by atoms with Gasteiger partial charge in [0.1, 0.15) is 0 Å². The van der Waals surface area contributed by atoms with Crippen molar-refractivity contribution in [2.24, 2.45) is 4.99 Å². The van der Waals surface area contributed by atoms with Gasteiger partial charge in [0.2, 0.25) is 6.08 Å². The molecule has 0 saturated heterocycles. The van der Waals surface area contributed by atoms with Gasteiger partial charge in [-0.25, -0.2) is 9.79 Å². The molecule has 0 saturated carbocycles. The molecule has 0 amide bonds. The van der Waals surface area contributed by atoms with Crippen molar-refractivity contribution in [2.75, 3.05) is 12.0 Å². The van der Waals surface area contributed by atoms with Gasteiger partial charge in [0, 0.05) is 22.8 Å². The molecule has 0 fully saturated rings. The summed E-state index contributed by atoms with van der Waals surface area (Å²) >= 11 is 0. The number of nitrogens with zero attached hydrogens (tertiary/aromatic N) is 1. The molecule has 0 bridgehead atoms. The molecule has 0 aromatic rings. The van der Waals surface area contributed by atoms with Crippen molar-refractivity contribution < 1.29 is 9.00 Å². The highest BCUT2D eigenvalue weighted by Crippen LogP contribution is 1.88. The maximum Gasteiger partial charge on any atom is 0.235 e. The molecule has 4 heteroatoms. The summed E-state index contributed by atoms with van der Waals surface area (Å²) < 4.78 is 10.5. The van der Waals surface area contributed by atoms with E-state index in [2.05, 4.69) is 4.99 Å². The molecule has 0 rings (SSSR count). The third-order valence-electron chi connectivity index (χ3n) is 0.749. The molecule has 0 aliphatic carbocycles. The molecule has 52 valence electrons. The molecule has 0 heterocycles. The Morgan fingerprint density at radius 2 is 2.33 bits per heavy atom. The van der Waals surface area contributed by atoms with Crippen molar-refractivity contribution in [3.63, 3.8) is 0 Å². The van der Waals surface area contributed by atoms with E-state index in [-0.39, 0.29) is 6.04 Å². The molecule has 2 atom stereocenters. The minimum absolute atomic E-state index is 0.159. The maximum absolute atomic E-state index is 10.5. The third-order valence-corrected chi connectivity index (χ3v) is 1.70. The van der Waals surface area contributed by atoms with Crippen LogP contribution in [0.1, 0.15) is 6.92 Å². The van der Waals surface area contributed by atoms with Gasteiger partial charge in [-0.05, 0) is 6.92 Å². The Labute approximate surface area is 56.6 Å². The standard InChI is InChI=1S/C5H9NO2S/c1-5(6-4-7)3-9(2)8/h5H,3H2,1-2H3. The minimum atomic E-state index is -0.870. The van der Waals surface area contributed by atoms with E-state index >= 15 is 0 Å². The first kappa shape index (κ1) is 8.53. The lowest BCUT2D eigenvalue weighted by molar-refractivity contribution is 0.560. The molecule has 0 aromatic carbocycles. The first-order valence-electron chi connectivity index (χ1n) is 2.54. The van der Waals surface area contributed by atoms with Crippen LogP contribution in [0.5, 0.6) is 0 Å². The maximum atomic E-state index is 10.5. The van der Waals surface area contributed by atoms with Crippen LogP contribution in [0.25, 0.3) is 0 Å². The normalized spacial score (nSPS) is 15.8. The van der Waals surface area contributed by atoms with Crippen molar-refractivity contribution in [3.8, 4) is 0 Å². The molecule has 9 heavy (non-hydrogen) atoms. The van der Waals surface area contributed by atoms with Crippen molar-refractivity contribution in [1.82, 2.24) is 0 Å². The predicted octanol–water partition coefficient (Wildman–Crippen LogP) is 0.0892. The van der Waals surface area contributed by atoms with E-state index in [0.29, 0.717) is 5.75 Å². The van der Waals surface area contributed by atoms with Gasteiger partial charge in [-0.3, -0.25) is 4.21 Å². The average molecular weight is 147 g/mol. The van der Waals surface area contributed by atoms with Gasteiger partial charge in [-0.1, -0.05) is 0 Å². The van der Waals surface area contributed by atoms with Crippen molar-refractivity contribution in [3.05, 3.63) is 0 Å². The summed E-state index contributed by atoms with van der Waals surface area (Å²) in [6.07, 6.45) is 2.99. The molecule has 0 spiro atoms. The van der Waals surface area contributed by atoms with Crippen LogP contribution < -0.4 is 0 Å². The van der Waals surface area contributed by atoms with E-state index in [9.17, 15) is 9.00 Å². The first-order valence-corrected chi connectivity index (χ1v) is 4.26. The lowest BCUT2D eigenvalue weighted by atomic mass is 10.4. The van der Waals surface area contributed by atoms with E-state index in [4.69, 9.17) is 0 Å². The van der Waals surface area contributed by atoms with Crippen molar-refractivity contribution >= 4 is 16.9 Å². The van der Waals surface area contributed by atoms with Crippen LogP contribution in [-0.4, -0.2) is 28.3 Å². The number of aliphatic imine (C=N–C) groups is 1. The number of rotatable bonds is 3. The van der Waals surface area contributed by atoms with E-state index in [1.807, 2.05) is 0 Å². The lowest BCUT2D eigenvalue weighted by Crippen LogP contribution is -2.08. The van der Waals surface area contributed by atoms with Crippen LogP contribution in [0.15, 0.2) is 4.99 Å². The van der Waals surface area contributed by atoms with Gasteiger partial charge in [-0.15, -0.1) is 0 Å². The van der Waals surface area contributed by atoms with E-state index in [1.165, 1.54) is 6.08 Å². The van der Waals surface area contributed by atoms with Crippen LogP contribution in [0.2, 0.25) is 0 Å². The zero-order valence-corrected chi connectivity index (χ0v) is 6.27. The zero-order valence-electron chi connectivity index (χ0n) is 5.46. The summed E-state index contributed by atoms with van der Waals surface area (Å²) in [5.41, 5.74) is 0. The predicted molar refractivity (Wildman–Crippen MR) is 36.5 cm³/mol. The number of hydrogen-bond donors (Lipinski definition) is 0. The SMILES string of the molecule is CC(CS(C)=O)N=C=O. The molecule has 0 aliphatic rings. The fourth-order valence-electron chi connectivity index (χ4n) is 0.467. The average Bonchev–Trinajstić information content (AvgIpc) is 1.63. The zero-order chi connectivity index (χ0) is 7.28. The summed E-state index contributed by atoms with van der Waals surface area (Å²) in [5.74, 6) is 0.440. The van der Waals surface area contributed by atoms with Crippen molar-refractivity contribution in [2.45, 2.75) is 13.0 Å². The Morgan fingerprint density at radius 1 is 1.78 bits per heavy atom. The van der Waals surface area contributed by atoms with Gasteiger partial charge in [0.25, 0.3) is 0 Å². The highest BCUT2D eigenvalue weighted by atomic mass is 32.2. The Morgan fingerprint density at radius 3 is 2.67 bits per heavy atom. The minimum Gasteiger partial charge on any atom is -0.260 e. The smallest absolute Gasteiger partial charge is 0.235 e. The molecular weight excluding hydrogens is 138 g/mol. The summed E-state index contributed by atoms with van der Waals surface area (Å²) in [4.78, 5) is 13.0. The van der Waals surface area contributed by atoms with Gasteiger partial charge in [-0.2, -0.15) is 0 Å². The van der Waals surface area contributed by atoms with E-state index in [0.717, 1.165) is 0 Å². The van der Waals surface area contributed by atoms with Crippen LogP contribution >= 0.6 is 0 Å². The molecular formula is C5H9NO2S. The second-order valence-corrected chi connectivity index (χ2v) is 3.29. The largest absolute Gasteiger partial charge is 0.260 e. The van der Waals surface area contributed by atoms with Crippen LogP contribution in [0, 0.1) is 0 Å². The fourth-order valence-corrected chi connectivity index (χ4v) is 1.22. The summed E-state index contributed by atoms with van der Waals surface area (Å²) in [6.45, 7) is 1.73. The molecule has 0 N–H and O–H groups in total. The van der Waals surface area contributed by atoms with E-state index < -0.39 is 10.8 Å². The number of hydrogen-bond acceptors (Lipinski definition) is 3. The first-order chi connectivity index (χ1) is 4.16. The van der Waals surface area contributed by atoms with Crippen LogP contribution in [0.3, 0.4) is 0 Å². The lowest BCUT2D eigenvalue weighted by Gasteiger charge is -1.97.